The normalized spacial score (nSPS) is 15.9. The van der Waals surface area contributed by atoms with Gasteiger partial charge in [0.15, 0.2) is 0 Å². The predicted octanol–water partition coefficient (Wildman–Crippen LogP) is 3.44. The fourth-order valence-electron chi connectivity index (χ4n) is 2.46. The molecule has 1 aliphatic rings. The van der Waals surface area contributed by atoms with E-state index in [2.05, 4.69) is 42.8 Å². The number of aryl methyl sites for hydroxylation is 1. The van der Waals surface area contributed by atoms with Gasteiger partial charge in [0.05, 0.1) is 5.56 Å². The lowest BCUT2D eigenvalue weighted by Gasteiger charge is -2.33. The first-order valence-electron chi connectivity index (χ1n) is 6.73. The van der Waals surface area contributed by atoms with Crippen LogP contribution in [0.2, 0.25) is 0 Å². The third-order valence-corrected chi connectivity index (χ3v) is 3.72. The van der Waals surface area contributed by atoms with Gasteiger partial charge in [0.25, 0.3) is 0 Å². The van der Waals surface area contributed by atoms with Crippen LogP contribution in [-0.2, 0) is 0 Å². The van der Waals surface area contributed by atoms with E-state index in [4.69, 9.17) is 0 Å². The minimum Gasteiger partial charge on any atom is -0.351 e. The van der Waals surface area contributed by atoms with Crippen molar-refractivity contribution in [3.05, 3.63) is 35.0 Å². The van der Waals surface area contributed by atoms with Gasteiger partial charge < -0.3 is 4.90 Å². The molecule has 0 bridgehead atoms. The molecule has 0 aromatic carbocycles. The Kier molecular flexibility index (Phi) is 3.61. The van der Waals surface area contributed by atoms with Crippen molar-refractivity contribution in [1.29, 1.82) is 5.26 Å². The van der Waals surface area contributed by atoms with Gasteiger partial charge in [-0.2, -0.15) is 5.26 Å². The van der Waals surface area contributed by atoms with E-state index in [-0.39, 0.29) is 5.41 Å². The third-order valence-electron chi connectivity index (χ3n) is 3.72. The van der Waals surface area contributed by atoms with Crippen molar-refractivity contribution < 1.29 is 0 Å². The second-order valence-electron chi connectivity index (χ2n) is 6.11. The van der Waals surface area contributed by atoms with Crippen LogP contribution < -0.4 is 4.90 Å². The Bertz CT molecular complexity index is 544. The summed E-state index contributed by atoms with van der Waals surface area (Å²) in [5.41, 5.74) is 3.44. The maximum Gasteiger partial charge on any atom is 0.147 e. The summed E-state index contributed by atoms with van der Waals surface area (Å²) in [6.45, 7) is 10.5. The highest BCUT2D eigenvalue weighted by Gasteiger charge is 2.23. The molecular formula is C16H21N3. The number of anilines is 1. The summed E-state index contributed by atoms with van der Waals surface area (Å²) in [5, 5.41) is 9.28. The van der Waals surface area contributed by atoms with Gasteiger partial charge in [-0.1, -0.05) is 32.4 Å². The molecule has 3 heteroatoms. The van der Waals surface area contributed by atoms with Gasteiger partial charge in [-0.25, -0.2) is 4.98 Å². The molecule has 0 spiro atoms. The average Bonchev–Trinajstić information content (AvgIpc) is 2.37. The zero-order chi connectivity index (χ0) is 14.0. The van der Waals surface area contributed by atoms with Gasteiger partial charge in [0, 0.05) is 19.3 Å². The molecule has 2 rings (SSSR count). The Balaban J connectivity index is 2.26. The Morgan fingerprint density at radius 3 is 2.63 bits per heavy atom. The molecular weight excluding hydrogens is 234 g/mol. The maximum atomic E-state index is 9.28. The molecule has 1 aliphatic heterocycles. The van der Waals surface area contributed by atoms with Crippen LogP contribution in [0.25, 0.3) is 0 Å². The van der Waals surface area contributed by atoms with Crippen molar-refractivity contribution >= 4 is 5.82 Å². The van der Waals surface area contributed by atoms with E-state index in [1.165, 1.54) is 5.57 Å². The Labute approximate surface area is 115 Å². The van der Waals surface area contributed by atoms with E-state index >= 15 is 0 Å². The van der Waals surface area contributed by atoms with Crippen LogP contribution in [0, 0.1) is 23.7 Å². The molecule has 3 nitrogen and oxygen atoms in total. The summed E-state index contributed by atoms with van der Waals surface area (Å²) in [7, 11) is 0. The van der Waals surface area contributed by atoms with Gasteiger partial charge in [-0.05, 0) is 30.4 Å². The second kappa shape index (κ2) is 5.05. The maximum absolute atomic E-state index is 9.28. The van der Waals surface area contributed by atoms with Gasteiger partial charge in [-0.15, -0.1) is 0 Å². The van der Waals surface area contributed by atoms with E-state index < -0.39 is 0 Å². The predicted molar refractivity (Wildman–Crippen MR) is 78.1 cm³/mol. The molecule has 0 saturated heterocycles. The number of pyridine rings is 1. The molecule has 0 amide bonds. The Hall–Kier alpha value is -1.82. The van der Waals surface area contributed by atoms with Crippen molar-refractivity contribution in [2.75, 3.05) is 18.0 Å². The molecule has 0 fully saturated rings. The van der Waals surface area contributed by atoms with E-state index in [1.54, 1.807) is 6.20 Å². The first kappa shape index (κ1) is 13.6. The van der Waals surface area contributed by atoms with Crippen LogP contribution in [-0.4, -0.2) is 18.1 Å². The summed E-state index contributed by atoms with van der Waals surface area (Å²) in [6, 6.07) is 4.17. The van der Waals surface area contributed by atoms with Crippen LogP contribution in [0.3, 0.4) is 0 Å². The number of rotatable bonds is 1. The van der Waals surface area contributed by atoms with E-state index in [0.717, 1.165) is 30.9 Å². The quantitative estimate of drug-likeness (QED) is 0.722. The lowest BCUT2D eigenvalue weighted by atomic mass is 9.83. The number of aromatic nitrogens is 1. The minimum absolute atomic E-state index is 0.240. The van der Waals surface area contributed by atoms with Crippen molar-refractivity contribution in [3.63, 3.8) is 0 Å². The van der Waals surface area contributed by atoms with Crippen LogP contribution in [0.15, 0.2) is 23.9 Å². The standard InChI is InChI=1S/C16H21N3/c1-12-5-8-18-15(14(12)11-17)19-9-6-13(7-10-19)16(2,3)4/h5-6,8H,7,9-10H2,1-4H3. The lowest BCUT2D eigenvalue weighted by molar-refractivity contribution is 0.472. The molecule has 2 heterocycles. The zero-order valence-electron chi connectivity index (χ0n) is 12.2. The Morgan fingerprint density at radius 2 is 2.11 bits per heavy atom. The van der Waals surface area contributed by atoms with Crippen molar-refractivity contribution in [3.8, 4) is 6.07 Å². The molecule has 0 unspecified atom stereocenters. The van der Waals surface area contributed by atoms with E-state index in [0.29, 0.717) is 5.56 Å². The monoisotopic (exact) mass is 255 g/mol. The molecule has 19 heavy (non-hydrogen) atoms. The lowest BCUT2D eigenvalue weighted by Crippen LogP contribution is -2.32. The van der Waals surface area contributed by atoms with Crippen LogP contribution in [0.4, 0.5) is 5.82 Å². The van der Waals surface area contributed by atoms with Crippen molar-refractivity contribution in [2.24, 2.45) is 5.41 Å². The summed E-state index contributed by atoms with van der Waals surface area (Å²) in [4.78, 5) is 6.59. The fraction of sp³-hybridized carbons (Fsp3) is 0.500. The van der Waals surface area contributed by atoms with Gasteiger partial charge in [0.1, 0.15) is 11.9 Å². The first-order chi connectivity index (χ1) is 8.93. The minimum atomic E-state index is 0.240. The summed E-state index contributed by atoms with van der Waals surface area (Å²) in [6.07, 6.45) is 5.12. The number of hydrogen-bond acceptors (Lipinski definition) is 3. The molecule has 0 aliphatic carbocycles. The van der Waals surface area contributed by atoms with Crippen LogP contribution in [0.5, 0.6) is 0 Å². The van der Waals surface area contributed by atoms with E-state index in [1.807, 2.05) is 13.0 Å². The zero-order valence-corrected chi connectivity index (χ0v) is 12.2. The summed E-state index contributed by atoms with van der Waals surface area (Å²) < 4.78 is 0. The second-order valence-corrected chi connectivity index (χ2v) is 6.11. The number of nitriles is 1. The largest absolute Gasteiger partial charge is 0.351 e. The number of hydrogen-bond donors (Lipinski definition) is 0. The number of nitrogens with zero attached hydrogens (tertiary/aromatic N) is 3. The van der Waals surface area contributed by atoms with Crippen molar-refractivity contribution in [1.82, 2.24) is 4.98 Å². The molecule has 1 aromatic heterocycles. The highest BCUT2D eigenvalue weighted by Crippen LogP contribution is 2.32. The van der Waals surface area contributed by atoms with Gasteiger partial charge in [0.2, 0.25) is 0 Å². The summed E-state index contributed by atoms with van der Waals surface area (Å²) >= 11 is 0. The van der Waals surface area contributed by atoms with Gasteiger partial charge in [-0.3, -0.25) is 0 Å². The molecule has 0 atom stereocenters. The average molecular weight is 255 g/mol. The first-order valence-corrected chi connectivity index (χ1v) is 6.73. The molecule has 1 aromatic rings. The topological polar surface area (TPSA) is 39.9 Å². The van der Waals surface area contributed by atoms with Crippen molar-refractivity contribution in [2.45, 2.75) is 34.1 Å². The van der Waals surface area contributed by atoms with Crippen LogP contribution in [0.1, 0.15) is 38.3 Å². The molecule has 100 valence electrons. The molecule has 0 saturated carbocycles. The SMILES string of the molecule is Cc1ccnc(N2CC=C(C(C)(C)C)CC2)c1C#N. The highest BCUT2D eigenvalue weighted by atomic mass is 15.2. The highest BCUT2D eigenvalue weighted by molar-refractivity contribution is 5.58. The van der Waals surface area contributed by atoms with E-state index in [9.17, 15) is 5.26 Å². The molecule has 0 radical (unpaired) electrons. The van der Waals surface area contributed by atoms with Gasteiger partial charge >= 0.3 is 0 Å². The Morgan fingerprint density at radius 1 is 1.37 bits per heavy atom. The fourth-order valence-corrected chi connectivity index (χ4v) is 2.46. The third kappa shape index (κ3) is 2.78. The van der Waals surface area contributed by atoms with Crippen LogP contribution >= 0.6 is 0 Å². The summed E-state index contributed by atoms with van der Waals surface area (Å²) in [5.74, 6) is 0.826. The smallest absolute Gasteiger partial charge is 0.147 e. The molecule has 0 N–H and O–H groups in total.